The lowest BCUT2D eigenvalue weighted by atomic mass is 9.95. The van der Waals surface area contributed by atoms with Crippen LogP contribution in [0.2, 0.25) is 0 Å². The molecular weight excluding hydrogens is 1040 g/mol. The van der Waals surface area contributed by atoms with Crippen molar-refractivity contribution in [3.63, 3.8) is 0 Å². The number of aromatic nitrogens is 7. The van der Waals surface area contributed by atoms with Gasteiger partial charge >= 0.3 is 0 Å². The zero-order valence-corrected chi connectivity index (χ0v) is 47.9. The maximum Gasteiger partial charge on any atom is 0.174 e. The third-order valence-corrected chi connectivity index (χ3v) is 19.4. The van der Waals surface area contributed by atoms with Gasteiger partial charge in [0.1, 0.15) is 0 Å². The van der Waals surface area contributed by atoms with Crippen molar-refractivity contribution in [1.29, 1.82) is 0 Å². The first-order valence-electron chi connectivity index (χ1n) is 28.1. The van der Waals surface area contributed by atoms with E-state index in [1.807, 2.05) is 0 Å². The van der Waals surface area contributed by atoms with Gasteiger partial charge in [0.15, 0.2) is 17.5 Å². The van der Waals surface area contributed by atoms with E-state index in [9.17, 15) is 0 Å². The van der Waals surface area contributed by atoms with E-state index in [0.717, 1.165) is 71.2 Å². The third-order valence-electron chi connectivity index (χ3n) is 16.4. The minimum Gasteiger partial charge on any atom is -0.308 e. The van der Waals surface area contributed by atoms with Gasteiger partial charge in [-0.2, -0.15) is 0 Å². The van der Waals surface area contributed by atoms with Gasteiger partial charge in [-0.25, -0.2) is 15.0 Å². The summed E-state index contributed by atoms with van der Waals surface area (Å²) in [5.41, 5.74) is 14.1. The Morgan fingerprint density at radius 3 is 1.04 bits per heavy atom. The molecule has 0 spiro atoms. The van der Waals surface area contributed by atoms with Crippen molar-refractivity contribution in [3.8, 4) is 55.5 Å². The number of rotatable bonds is 7. The predicted octanol–water partition coefficient (Wildman–Crippen LogP) is 20.0. The first kappa shape index (κ1) is 48.5. The van der Waals surface area contributed by atoms with Crippen LogP contribution < -0.4 is 0 Å². The number of benzene rings is 9. The molecule has 0 bridgehead atoms. The van der Waals surface area contributed by atoms with Crippen molar-refractivity contribution in [2.24, 2.45) is 0 Å². The molecule has 0 amide bonds. The summed E-state index contributed by atoms with van der Waals surface area (Å²) in [6, 6.07) is 82.1. The summed E-state index contributed by atoms with van der Waals surface area (Å²) < 4.78 is 10.0. The van der Waals surface area contributed by atoms with Crippen LogP contribution in [0.4, 0.5) is 0 Å². The lowest BCUT2D eigenvalue weighted by Crippen LogP contribution is -2.07. The molecule has 0 saturated carbocycles. The van der Waals surface area contributed by atoms with Gasteiger partial charge in [-0.1, -0.05) is 169 Å². The molecule has 7 heterocycles. The molecule has 0 aliphatic carbocycles. The molecule has 16 aromatic rings. The lowest BCUT2D eigenvalue weighted by molar-refractivity contribution is 0.603. The Morgan fingerprint density at radius 1 is 0.305 bits per heavy atom. The summed E-state index contributed by atoms with van der Waals surface area (Å²) >= 11 is 3.52. The number of hydrogen-bond acceptors (Lipinski definition) is 5. The number of thiophene rings is 2. The molecule has 0 saturated heterocycles. The predicted molar refractivity (Wildman–Crippen MR) is 347 cm³/mol. The van der Waals surface area contributed by atoms with Crippen molar-refractivity contribution < 1.29 is 0 Å². The van der Waals surface area contributed by atoms with Gasteiger partial charge in [0.05, 0.1) is 59.6 Å². The Hall–Kier alpha value is -9.41. The van der Waals surface area contributed by atoms with E-state index in [1.54, 1.807) is 22.7 Å². The number of para-hydroxylation sites is 7. The first-order chi connectivity index (χ1) is 40.0. The quantitative estimate of drug-likeness (QED) is 0.160. The van der Waals surface area contributed by atoms with Crippen molar-refractivity contribution in [1.82, 2.24) is 33.2 Å². The van der Waals surface area contributed by atoms with Gasteiger partial charge in [-0.05, 0) is 108 Å². The molecule has 0 atom stereocenters. The summed E-state index contributed by atoms with van der Waals surface area (Å²) in [5.74, 6) is 1.95. The normalized spacial score (nSPS) is 12.5. The monoisotopic (exact) mass is 1090 g/mol. The largest absolute Gasteiger partial charge is 0.308 e. The topological polar surface area (TPSA) is 58.4 Å². The highest BCUT2D eigenvalue weighted by Gasteiger charge is 2.30. The van der Waals surface area contributed by atoms with Crippen molar-refractivity contribution >= 4 is 110 Å². The van der Waals surface area contributed by atoms with Gasteiger partial charge in [0, 0.05) is 75.5 Å². The number of fused-ring (bicyclic) bond motifs is 15. The second-order valence-corrected chi connectivity index (χ2v) is 25.8. The van der Waals surface area contributed by atoms with Crippen LogP contribution in [-0.2, 0) is 10.8 Å². The fourth-order valence-electron chi connectivity index (χ4n) is 12.8. The molecule has 7 nitrogen and oxygen atoms in total. The Morgan fingerprint density at radius 2 is 0.646 bits per heavy atom. The molecule has 0 fully saturated rings. The smallest absolute Gasteiger partial charge is 0.174 e. The highest BCUT2D eigenvalue weighted by Crippen LogP contribution is 2.51. The highest BCUT2D eigenvalue weighted by atomic mass is 32.1. The fourth-order valence-corrected chi connectivity index (χ4v) is 14.8. The number of hydrogen-bond donors (Lipinski definition) is 0. The molecule has 16 rings (SSSR count). The van der Waals surface area contributed by atoms with E-state index in [0.29, 0.717) is 17.5 Å². The molecule has 0 unspecified atom stereocenters. The molecule has 0 N–H and O–H groups in total. The SMILES string of the molecule is CC(C)(C)c1ccc(-c2nc(-c3ccc(C(C)(C)C)s3)nc(-c3ccc(-n4c5ccccc5c5c6c(c7ccccc7n6-c6ccccc6)c6c(c7ccccc7n6-c6ccccc6)c54)cc3-n3c4ccccc4c4ccccc43)n2)s1. The minimum absolute atomic E-state index is 0.0325. The summed E-state index contributed by atoms with van der Waals surface area (Å²) in [6.45, 7) is 13.6. The highest BCUT2D eigenvalue weighted by molar-refractivity contribution is 7.16. The molecule has 7 aromatic heterocycles. The van der Waals surface area contributed by atoms with E-state index in [-0.39, 0.29) is 10.8 Å². The van der Waals surface area contributed by atoms with Crippen LogP contribution in [-0.4, -0.2) is 33.2 Å². The van der Waals surface area contributed by atoms with Gasteiger partial charge in [0.2, 0.25) is 0 Å². The Kier molecular flexibility index (Phi) is 10.7. The first-order valence-corrected chi connectivity index (χ1v) is 29.7. The maximum atomic E-state index is 5.54. The van der Waals surface area contributed by atoms with E-state index < -0.39 is 0 Å². The lowest BCUT2D eigenvalue weighted by Gasteiger charge is -2.18. The van der Waals surface area contributed by atoms with Crippen LogP contribution in [0.25, 0.3) is 143 Å². The molecule has 82 heavy (non-hydrogen) atoms. The number of nitrogens with zero attached hydrogens (tertiary/aromatic N) is 7. The standard InChI is InChI=1S/C73H55N7S2/c1-72(2,3)61-41-39-59(81-61)70-74-69(75-71(76-70)60-40-42-62(82-60)73(4,5)6)52-38-37-46(43-58(52)80-53-32-18-13-27-47(53)48-28-14-19-33-54(48)80)79-57-36-22-17-31-51(57)65-67-63(49-29-15-20-34-55(49)77(67)44-23-9-7-10-24-44)66-64(68(65)79)50-30-16-21-35-56(50)78(66)45-25-11-8-12-26-45/h7-43H,1-6H3. The molecule has 394 valence electrons. The van der Waals surface area contributed by atoms with E-state index in [2.05, 4.69) is 284 Å². The van der Waals surface area contributed by atoms with E-state index in [4.69, 9.17) is 15.0 Å². The van der Waals surface area contributed by atoms with Gasteiger partial charge in [-0.15, -0.1) is 22.7 Å². The minimum atomic E-state index is -0.0325. The Bertz CT molecular complexity index is 5050. The second-order valence-electron chi connectivity index (χ2n) is 23.6. The zero-order valence-electron chi connectivity index (χ0n) is 46.3. The van der Waals surface area contributed by atoms with Gasteiger partial charge in [0.25, 0.3) is 0 Å². The summed E-state index contributed by atoms with van der Waals surface area (Å²) in [4.78, 5) is 21.0. The molecule has 0 radical (unpaired) electrons. The van der Waals surface area contributed by atoms with Crippen LogP contribution in [0.3, 0.4) is 0 Å². The molecule has 0 aliphatic heterocycles. The van der Waals surface area contributed by atoms with Crippen LogP contribution >= 0.6 is 22.7 Å². The van der Waals surface area contributed by atoms with Crippen molar-refractivity contribution in [2.45, 2.75) is 52.4 Å². The van der Waals surface area contributed by atoms with Gasteiger partial charge < -0.3 is 18.3 Å². The van der Waals surface area contributed by atoms with E-state index >= 15 is 0 Å². The summed E-state index contributed by atoms with van der Waals surface area (Å²) in [6.07, 6.45) is 0. The average Bonchev–Trinajstić information content (AvgIpc) is 3.34. The van der Waals surface area contributed by atoms with E-state index in [1.165, 1.54) is 63.9 Å². The molecule has 9 aromatic carbocycles. The third kappa shape index (κ3) is 7.29. The summed E-state index contributed by atoms with van der Waals surface area (Å²) in [7, 11) is 0. The second kappa shape index (κ2) is 18.0. The molecule has 0 aliphatic rings. The van der Waals surface area contributed by atoms with Crippen LogP contribution in [0, 0.1) is 0 Å². The molecule has 9 heteroatoms. The Labute approximate surface area is 482 Å². The van der Waals surface area contributed by atoms with Crippen LogP contribution in [0.15, 0.2) is 224 Å². The summed E-state index contributed by atoms with van der Waals surface area (Å²) in [5, 5.41) is 9.52. The average molecular weight is 1090 g/mol. The Balaban J connectivity index is 1.08. The van der Waals surface area contributed by atoms with Crippen molar-refractivity contribution in [2.75, 3.05) is 0 Å². The van der Waals surface area contributed by atoms with Crippen LogP contribution in [0.1, 0.15) is 51.3 Å². The maximum absolute atomic E-state index is 5.54. The molecular formula is C73H55N7S2. The van der Waals surface area contributed by atoms with Crippen LogP contribution in [0.5, 0.6) is 0 Å². The zero-order chi connectivity index (χ0) is 55.2. The van der Waals surface area contributed by atoms with Crippen molar-refractivity contribution in [3.05, 3.63) is 234 Å². The van der Waals surface area contributed by atoms with Gasteiger partial charge in [-0.3, -0.25) is 0 Å². The fraction of sp³-hybridized carbons (Fsp3) is 0.110.